The Morgan fingerprint density at radius 3 is 3.08 bits per heavy atom. The molecule has 0 unspecified atom stereocenters. The molecule has 1 N–H and O–H groups in total. The highest BCUT2D eigenvalue weighted by Gasteiger charge is 1.99. The molecule has 1 aromatic heterocycles. The number of carboxylic acids is 1. The minimum atomic E-state index is -0.812. The number of hydrogen-bond acceptors (Lipinski definition) is 3. The fourth-order valence-corrected chi connectivity index (χ4v) is 0.936. The molecule has 0 radical (unpaired) electrons. The summed E-state index contributed by atoms with van der Waals surface area (Å²) in [7, 11) is 0. The largest absolute Gasteiger partial charge is 0.481 e. The summed E-state index contributed by atoms with van der Waals surface area (Å²) in [5, 5.41) is 20.7. The van der Waals surface area contributed by atoms with Crippen LogP contribution in [-0.4, -0.2) is 20.9 Å². The van der Waals surface area contributed by atoms with Crippen molar-refractivity contribution in [3.05, 3.63) is 18.0 Å². The van der Waals surface area contributed by atoms with Gasteiger partial charge in [-0.2, -0.15) is 10.4 Å². The molecule has 0 bridgehead atoms. The van der Waals surface area contributed by atoms with Crippen LogP contribution in [0.4, 0.5) is 0 Å². The Hall–Kier alpha value is -1.83. The second kappa shape index (κ2) is 4.26. The molecule has 0 amide bonds. The predicted octanol–water partition coefficient (Wildman–Crippen LogP) is 0.620. The molecule has 1 aromatic rings. The van der Waals surface area contributed by atoms with E-state index in [1.54, 1.807) is 10.9 Å². The number of carboxylic acid groups (broad SMARTS) is 1. The number of hydrogen-bond donors (Lipinski definition) is 1. The van der Waals surface area contributed by atoms with Crippen LogP contribution in [0.15, 0.2) is 12.4 Å². The Morgan fingerprint density at radius 2 is 2.54 bits per heavy atom. The summed E-state index contributed by atoms with van der Waals surface area (Å²) >= 11 is 0. The van der Waals surface area contributed by atoms with Crippen LogP contribution in [0.2, 0.25) is 0 Å². The third-order valence-electron chi connectivity index (χ3n) is 1.54. The molecule has 0 saturated heterocycles. The summed E-state index contributed by atoms with van der Waals surface area (Å²) in [5.41, 5.74) is 0.496. The maximum absolute atomic E-state index is 10.2. The maximum atomic E-state index is 10.2. The standard InChI is InChI=1S/C8H9N3O2/c9-4-7-5-10-11(6-7)3-1-2-8(12)13/h5-6H,1-3H2,(H,12,13). The van der Waals surface area contributed by atoms with Gasteiger partial charge in [-0.05, 0) is 6.42 Å². The van der Waals surface area contributed by atoms with Crippen molar-refractivity contribution in [1.82, 2.24) is 9.78 Å². The van der Waals surface area contributed by atoms with Crippen LogP contribution in [0.25, 0.3) is 0 Å². The zero-order valence-electron chi connectivity index (χ0n) is 6.97. The number of nitriles is 1. The van der Waals surface area contributed by atoms with Crippen molar-refractivity contribution in [3.63, 3.8) is 0 Å². The average molecular weight is 179 g/mol. The lowest BCUT2D eigenvalue weighted by Gasteiger charge is -1.97. The first-order valence-electron chi connectivity index (χ1n) is 3.86. The number of nitrogens with zero attached hydrogens (tertiary/aromatic N) is 3. The molecule has 5 heteroatoms. The van der Waals surface area contributed by atoms with E-state index in [-0.39, 0.29) is 6.42 Å². The Bertz CT molecular complexity index is 337. The molecule has 13 heavy (non-hydrogen) atoms. The van der Waals surface area contributed by atoms with Gasteiger partial charge in [0.1, 0.15) is 6.07 Å². The molecule has 0 spiro atoms. The second-order valence-corrected chi connectivity index (χ2v) is 2.60. The highest BCUT2D eigenvalue weighted by molar-refractivity contribution is 5.66. The van der Waals surface area contributed by atoms with Crippen LogP contribution in [-0.2, 0) is 11.3 Å². The monoisotopic (exact) mass is 179 g/mol. The van der Waals surface area contributed by atoms with E-state index in [2.05, 4.69) is 5.10 Å². The molecule has 5 nitrogen and oxygen atoms in total. The van der Waals surface area contributed by atoms with Gasteiger partial charge in [0, 0.05) is 19.2 Å². The summed E-state index contributed by atoms with van der Waals surface area (Å²) in [5.74, 6) is -0.812. The van der Waals surface area contributed by atoms with Crippen LogP contribution in [0, 0.1) is 11.3 Å². The Balaban J connectivity index is 2.38. The highest BCUT2D eigenvalue weighted by Crippen LogP contribution is 1.98. The number of aryl methyl sites for hydroxylation is 1. The molecule has 0 saturated carbocycles. The normalized spacial score (nSPS) is 9.46. The molecule has 1 rings (SSSR count). The minimum Gasteiger partial charge on any atom is -0.481 e. The molecule has 1 heterocycles. The van der Waals surface area contributed by atoms with Gasteiger partial charge >= 0.3 is 5.97 Å². The van der Waals surface area contributed by atoms with E-state index in [0.29, 0.717) is 18.5 Å². The zero-order chi connectivity index (χ0) is 9.68. The molecule has 0 atom stereocenters. The SMILES string of the molecule is N#Cc1cnn(CCCC(=O)O)c1. The van der Waals surface area contributed by atoms with E-state index >= 15 is 0 Å². The first-order valence-corrected chi connectivity index (χ1v) is 3.86. The van der Waals surface area contributed by atoms with Gasteiger partial charge in [0.2, 0.25) is 0 Å². The van der Waals surface area contributed by atoms with Crippen molar-refractivity contribution in [1.29, 1.82) is 5.26 Å². The first kappa shape index (κ1) is 9.26. The predicted molar refractivity (Wildman–Crippen MR) is 43.8 cm³/mol. The lowest BCUT2D eigenvalue weighted by molar-refractivity contribution is -0.137. The fraction of sp³-hybridized carbons (Fsp3) is 0.375. The molecule has 68 valence electrons. The van der Waals surface area contributed by atoms with Gasteiger partial charge in [-0.1, -0.05) is 0 Å². The van der Waals surface area contributed by atoms with Crippen molar-refractivity contribution in [3.8, 4) is 6.07 Å². The average Bonchev–Trinajstić information content (AvgIpc) is 2.52. The number of aromatic nitrogens is 2. The molecule has 0 aliphatic carbocycles. The summed E-state index contributed by atoms with van der Waals surface area (Å²) in [6, 6.07) is 1.95. The highest BCUT2D eigenvalue weighted by atomic mass is 16.4. The number of rotatable bonds is 4. The quantitative estimate of drug-likeness (QED) is 0.734. The number of carbonyl (C=O) groups is 1. The van der Waals surface area contributed by atoms with Crippen molar-refractivity contribution in [2.24, 2.45) is 0 Å². The van der Waals surface area contributed by atoms with Gasteiger partial charge in [0.15, 0.2) is 0 Å². The van der Waals surface area contributed by atoms with Gasteiger partial charge in [-0.15, -0.1) is 0 Å². The van der Waals surface area contributed by atoms with Gasteiger partial charge in [-0.3, -0.25) is 9.48 Å². The Kier molecular flexibility index (Phi) is 3.03. The lowest BCUT2D eigenvalue weighted by atomic mass is 10.3. The smallest absolute Gasteiger partial charge is 0.303 e. The summed E-state index contributed by atoms with van der Waals surface area (Å²) in [4.78, 5) is 10.2. The van der Waals surface area contributed by atoms with Crippen molar-refractivity contribution < 1.29 is 9.90 Å². The maximum Gasteiger partial charge on any atom is 0.303 e. The van der Waals surface area contributed by atoms with E-state index in [1.807, 2.05) is 6.07 Å². The summed E-state index contributed by atoms with van der Waals surface area (Å²) in [6.07, 6.45) is 3.71. The van der Waals surface area contributed by atoms with Crippen molar-refractivity contribution in [2.75, 3.05) is 0 Å². The van der Waals surface area contributed by atoms with E-state index < -0.39 is 5.97 Å². The van der Waals surface area contributed by atoms with Gasteiger partial charge in [0.25, 0.3) is 0 Å². The topological polar surface area (TPSA) is 78.9 Å². The molecular formula is C8H9N3O2. The van der Waals surface area contributed by atoms with E-state index in [0.717, 1.165) is 0 Å². The van der Waals surface area contributed by atoms with E-state index in [1.165, 1.54) is 6.20 Å². The molecule has 0 aliphatic rings. The third-order valence-corrected chi connectivity index (χ3v) is 1.54. The van der Waals surface area contributed by atoms with Gasteiger partial charge in [0.05, 0.1) is 11.8 Å². The second-order valence-electron chi connectivity index (χ2n) is 2.60. The zero-order valence-corrected chi connectivity index (χ0v) is 6.97. The van der Waals surface area contributed by atoms with Crippen LogP contribution in [0.3, 0.4) is 0 Å². The summed E-state index contributed by atoms with van der Waals surface area (Å²) in [6.45, 7) is 0.536. The Labute approximate surface area is 75.2 Å². The number of aliphatic carboxylic acids is 1. The third kappa shape index (κ3) is 2.95. The van der Waals surface area contributed by atoms with Crippen LogP contribution in [0.1, 0.15) is 18.4 Å². The molecule has 0 aromatic carbocycles. The fourth-order valence-electron chi connectivity index (χ4n) is 0.936. The molecular weight excluding hydrogens is 170 g/mol. The first-order chi connectivity index (χ1) is 6.22. The molecule has 0 aliphatic heterocycles. The van der Waals surface area contributed by atoms with Crippen LogP contribution < -0.4 is 0 Å². The Morgan fingerprint density at radius 1 is 1.77 bits per heavy atom. The van der Waals surface area contributed by atoms with Gasteiger partial charge in [-0.25, -0.2) is 0 Å². The van der Waals surface area contributed by atoms with Gasteiger partial charge < -0.3 is 5.11 Å². The van der Waals surface area contributed by atoms with Crippen molar-refractivity contribution >= 4 is 5.97 Å². The summed E-state index contributed by atoms with van der Waals surface area (Å²) < 4.78 is 1.57. The van der Waals surface area contributed by atoms with E-state index in [9.17, 15) is 4.79 Å². The minimum absolute atomic E-state index is 0.127. The van der Waals surface area contributed by atoms with Crippen LogP contribution in [0.5, 0.6) is 0 Å². The molecule has 0 fully saturated rings. The lowest BCUT2D eigenvalue weighted by Crippen LogP contribution is -2.01. The van der Waals surface area contributed by atoms with Crippen LogP contribution >= 0.6 is 0 Å². The van der Waals surface area contributed by atoms with Crippen molar-refractivity contribution in [2.45, 2.75) is 19.4 Å². The van der Waals surface area contributed by atoms with E-state index in [4.69, 9.17) is 10.4 Å².